The number of aliphatic hydroxyl groups is 1. The molecule has 0 aliphatic carbocycles. The normalized spacial score (nSPS) is 11.9. The molecule has 0 saturated carbocycles. The molecule has 0 fully saturated rings. The minimum Gasteiger partial charge on any atom is -0.427 e. The summed E-state index contributed by atoms with van der Waals surface area (Å²) in [7, 11) is 1.71. The topological polar surface area (TPSA) is 32.7 Å². The van der Waals surface area contributed by atoms with Gasteiger partial charge in [-0.3, -0.25) is 0 Å². The number of nitrogens with zero attached hydrogens (tertiary/aromatic N) is 1. The van der Waals surface area contributed by atoms with Crippen molar-refractivity contribution in [2.45, 2.75) is 38.9 Å². The summed E-state index contributed by atoms with van der Waals surface area (Å²) in [4.78, 5) is 2.21. The highest BCUT2D eigenvalue weighted by Gasteiger charge is 2.35. The molecule has 1 radical (unpaired) electrons. The molecule has 3 aromatic rings. The first-order valence-electron chi connectivity index (χ1n) is 9.52. The quantitative estimate of drug-likeness (QED) is 0.595. The largest absolute Gasteiger partial charge is 0.427 e. The highest BCUT2D eigenvalue weighted by atomic mass is 16.5. The molecule has 0 aliphatic heterocycles. The van der Waals surface area contributed by atoms with Crippen LogP contribution in [0.15, 0.2) is 84.9 Å². The fourth-order valence-corrected chi connectivity index (χ4v) is 2.66. The highest BCUT2D eigenvalue weighted by Crippen LogP contribution is 2.33. The van der Waals surface area contributed by atoms with Gasteiger partial charge in [0.2, 0.25) is 0 Å². The van der Waals surface area contributed by atoms with Crippen molar-refractivity contribution in [1.82, 2.24) is 0 Å². The minimum absolute atomic E-state index is 0.689. The summed E-state index contributed by atoms with van der Waals surface area (Å²) in [6, 6.07) is 28.8. The van der Waals surface area contributed by atoms with Gasteiger partial charge in [-0.05, 0) is 64.1 Å². The van der Waals surface area contributed by atoms with E-state index in [1.807, 2.05) is 62.4 Å². The van der Waals surface area contributed by atoms with Gasteiger partial charge in [-0.2, -0.15) is 0 Å². The van der Waals surface area contributed by atoms with Crippen LogP contribution in [0.25, 0.3) is 0 Å². The molecule has 1 N–H and O–H groups in total. The van der Waals surface area contributed by atoms with E-state index in [2.05, 4.69) is 41.3 Å². The molecular weight excluding hydrogens is 345 g/mol. The van der Waals surface area contributed by atoms with Crippen molar-refractivity contribution < 1.29 is 9.76 Å². The lowest BCUT2D eigenvalue weighted by Crippen LogP contribution is -2.49. The van der Waals surface area contributed by atoms with Crippen molar-refractivity contribution in [3.8, 4) is 0 Å². The van der Waals surface area contributed by atoms with Crippen LogP contribution >= 0.6 is 0 Å². The predicted octanol–water partition coefficient (Wildman–Crippen LogP) is 4.97. The second-order valence-electron chi connectivity index (χ2n) is 7.90. The lowest BCUT2D eigenvalue weighted by molar-refractivity contribution is -0.0893. The first-order chi connectivity index (χ1) is 13.3. The van der Waals surface area contributed by atoms with Gasteiger partial charge in [-0.1, -0.05) is 54.0 Å². The van der Waals surface area contributed by atoms with Crippen molar-refractivity contribution in [1.29, 1.82) is 0 Å². The fraction of sp³-hybridized carbons (Fsp3) is 0.250. The first-order valence-corrected chi connectivity index (χ1v) is 9.52. The fourth-order valence-electron chi connectivity index (χ4n) is 2.66. The number of hydrogen-bond acceptors (Lipinski definition) is 3. The van der Waals surface area contributed by atoms with Gasteiger partial charge in [0.15, 0.2) is 0 Å². The number of hydrogen-bond donors (Lipinski definition) is 1. The van der Waals surface area contributed by atoms with Crippen molar-refractivity contribution in [3.63, 3.8) is 0 Å². The Labute approximate surface area is 168 Å². The molecule has 0 bridgehead atoms. The Hall–Kier alpha value is -2.56. The van der Waals surface area contributed by atoms with E-state index in [4.69, 9.17) is 4.65 Å². The van der Waals surface area contributed by atoms with Crippen LogP contribution in [0.1, 0.15) is 27.7 Å². The van der Waals surface area contributed by atoms with Gasteiger partial charge < -0.3 is 14.7 Å². The standard InChI is InChI=1S/C24H27BNO2/c1-23(2,27)24(3,4)28-25-19-15-17-22(18-16-19)26(20-11-7-5-8-12-20)21-13-9-6-10-14-21/h5-18,27H,1-4H3. The van der Waals surface area contributed by atoms with Crippen LogP contribution in [0.5, 0.6) is 0 Å². The molecule has 3 rings (SSSR count). The molecule has 0 atom stereocenters. The second-order valence-corrected chi connectivity index (χ2v) is 7.90. The van der Waals surface area contributed by atoms with E-state index < -0.39 is 11.2 Å². The molecule has 0 aliphatic rings. The van der Waals surface area contributed by atoms with Crippen LogP contribution in [0.2, 0.25) is 0 Å². The molecule has 0 spiro atoms. The number of anilines is 3. The van der Waals surface area contributed by atoms with E-state index in [0.29, 0.717) is 0 Å². The van der Waals surface area contributed by atoms with Gasteiger partial charge in [0, 0.05) is 17.1 Å². The Morgan fingerprint density at radius 3 is 1.54 bits per heavy atom. The second kappa shape index (κ2) is 8.21. The van der Waals surface area contributed by atoms with Gasteiger partial charge >= 0.3 is 7.48 Å². The number of para-hydroxylation sites is 2. The summed E-state index contributed by atoms with van der Waals surface area (Å²) in [5, 5.41) is 10.2. The third-order valence-corrected chi connectivity index (χ3v) is 5.14. The van der Waals surface area contributed by atoms with Crippen molar-refractivity contribution in [2.75, 3.05) is 4.90 Å². The predicted molar refractivity (Wildman–Crippen MR) is 118 cm³/mol. The summed E-state index contributed by atoms with van der Waals surface area (Å²) in [6.07, 6.45) is 0. The molecule has 3 aromatic carbocycles. The Bertz CT molecular complexity index is 832. The molecule has 4 heteroatoms. The monoisotopic (exact) mass is 372 g/mol. The van der Waals surface area contributed by atoms with E-state index in [-0.39, 0.29) is 0 Å². The maximum Gasteiger partial charge on any atom is 0.330 e. The minimum atomic E-state index is -0.944. The van der Waals surface area contributed by atoms with Gasteiger partial charge in [0.05, 0.1) is 11.2 Å². The van der Waals surface area contributed by atoms with Crippen LogP contribution in [-0.4, -0.2) is 23.8 Å². The van der Waals surface area contributed by atoms with E-state index in [0.717, 1.165) is 22.5 Å². The Kier molecular flexibility index (Phi) is 5.92. The summed E-state index contributed by atoms with van der Waals surface area (Å²) < 4.78 is 5.86. The van der Waals surface area contributed by atoms with Crippen LogP contribution in [0.3, 0.4) is 0 Å². The molecule has 0 aromatic heterocycles. The average Bonchev–Trinajstić information content (AvgIpc) is 2.68. The van der Waals surface area contributed by atoms with Crippen molar-refractivity contribution >= 4 is 30.0 Å². The Morgan fingerprint density at radius 2 is 1.11 bits per heavy atom. The van der Waals surface area contributed by atoms with Crippen LogP contribution < -0.4 is 10.4 Å². The maximum absolute atomic E-state index is 10.2. The molecule has 0 heterocycles. The molecule has 3 nitrogen and oxygen atoms in total. The molecule has 0 unspecified atom stereocenters. The first kappa shape index (κ1) is 20.2. The van der Waals surface area contributed by atoms with Crippen LogP contribution in [-0.2, 0) is 4.65 Å². The molecule has 28 heavy (non-hydrogen) atoms. The van der Waals surface area contributed by atoms with Gasteiger partial charge in [-0.15, -0.1) is 0 Å². The zero-order valence-electron chi connectivity index (χ0n) is 17.0. The SMILES string of the molecule is CC(C)(O)C(C)(C)O[B]c1ccc(N(c2ccccc2)c2ccccc2)cc1. The summed E-state index contributed by atoms with van der Waals surface area (Å²) >= 11 is 0. The lowest BCUT2D eigenvalue weighted by Gasteiger charge is -2.37. The summed E-state index contributed by atoms with van der Waals surface area (Å²) in [5.41, 5.74) is 2.58. The van der Waals surface area contributed by atoms with Gasteiger partial charge in [-0.25, -0.2) is 0 Å². The molecular formula is C24H27BNO2. The maximum atomic E-state index is 10.2. The van der Waals surface area contributed by atoms with E-state index in [1.165, 1.54) is 0 Å². The van der Waals surface area contributed by atoms with Crippen LogP contribution in [0, 0.1) is 0 Å². The van der Waals surface area contributed by atoms with Gasteiger partial charge in [0.25, 0.3) is 0 Å². The molecule has 143 valence electrons. The van der Waals surface area contributed by atoms with Crippen molar-refractivity contribution in [3.05, 3.63) is 84.9 Å². The Balaban J connectivity index is 1.83. The molecule has 0 amide bonds. The third-order valence-electron chi connectivity index (χ3n) is 5.14. The zero-order valence-corrected chi connectivity index (χ0v) is 17.0. The Morgan fingerprint density at radius 1 is 0.679 bits per heavy atom. The highest BCUT2D eigenvalue weighted by molar-refractivity contribution is 6.47. The third kappa shape index (κ3) is 4.64. The summed E-state index contributed by atoms with van der Waals surface area (Å²) in [6.45, 7) is 7.26. The van der Waals surface area contributed by atoms with Crippen LogP contribution in [0.4, 0.5) is 17.1 Å². The summed E-state index contributed by atoms with van der Waals surface area (Å²) in [5.74, 6) is 0. The molecule has 0 saturated heterocycles. The van der Waals surface area contributed by atoms with Crippen molar-refractivity contribution in [2.24, 2.45) is 0 Å². The lowest BCUT2D eigenvalue weighted by atomic mass is 9.82. The van der Waals surface area contributed by atoms with Gasteiger partial charge in [0.1, 0.15) is 0 Å². The number of rotatable bonds is 7. The van der Waals surface area contributed by atoms with E-state index >= 15 is 0 Å². The number of benzene rings is 3. The smallest absolute Gasteiger partial charge is 0.330 e. The van der Waals surface area contributed by atoms with E-state index in [1.54, 1.807) is 21.3 Å². The average molecular weight is 372 g/mol. The zero-order chi connectivity index (χ0) is 20.2. The van der Waals surface area contributed by atoms with E-state index in [9.17, 15) is 5.11 Å².